The van der Waals surface area contributed by atoms with E-state index in [1.807, 2.05) is 25.1 Å². The summed E-state index contributed by atoms with van der Waals surface area (Å²) < 4.78 is 6.44. The highest BCUT2D eigenvalue weighted by molar-refractivity contribution is 6.31. The van der Waals surface area contributed by atoms with Gasteiger partial charge in [-0.3, -0.25) is 4.79 Å². The second kappa shape index (κ2) is 10.1. The first-order valence-electron chi connectivity index (χ1n) is 9.42. The molecule has 152 valence electrons. The zero-order valence-corrected chi connectivity index (χ0v) is 19.6. The Bertz CT molecular complexity index is 803. The Kier molecular flexibility index (Phi) is 8.30. The number of quaternary nitrogens is 1. The second-order valence-corrected chi connectivity index (χ2v) is 8.30. The quantitative estimate of drug-likeness (QED) is 0.487. The van der Waals surface area contributed by atoms with Crippen molar-refractivity contribution in [2.75, 3.05) is 32.6 Å². The number of carbonyl (C=O) groups excluding carboxylic acids is 1. The first-order valence-corrected chi connectivity index (χ1v) is 9.80. The number of amides is 1. The Labute approximate surface area is 189 Å². The monoisotopic (exact) mass is 514 g/mol. The summed E-state index contributed by atoms with van der Waals surface area (Å²) in [5.74, 6) is -0.150. The van der Waals surface area contributed by atoms with Crippen LogP contribution in [0.3, 0.4) is 0 Å². The number of rotatable bonds is 5. The minimum atomic E-state index is -0.150. The van der Waals surface area contributed by atoms with Crippen LogP contribution in [-0.4, -0.2) is 43.7 Å². The van der Waals surface area contributed by atoms with Crippen LogP contribution in [0.1, 0.15) is 34.3 Å². The van der Waals surface area contributed by atoms with Gasteiger partial charge in [0.15, 0.2) is 0 Å². The maximum absolute atomic E-state index is 12.4. The van der Waals surface area contributed by atoms with Crippen molar-refractivity contribution in [2.24, 2.45) is 0 Å². The number of nitrogens with one attached hydrogen (secondary N) is 1. The number of hydrogen-bond acceptors (Lipinski definition) is 2. The molecule has 1 aliphatic heterocycles. The molecule has 1 heterocycles. The zero-order valence-electron chi connectivity index (χ0n) is 16.7. The van der Waals surface area contributed by atoms with Crippen LogP contribution in [-0.2, 0) is 11.3 Å². The standard InChI is InChI=1S/C22H27ClN2O2.HI/c1-16-4-7-18(14-21(16)23)22(26)24-19-8-5-17(6-9-19)15-25(2,3)20-10-12-27-13-11-20;/h4-9,14,20H,10-13,15H2,1-3H3;1H. The molecule has 1 aliphatic rings. The van der Waals surface area contributed by atoms with E-state index in [-0.39, 0.29) is 29.9 Å². The molecule has 0 aliphatic carbocycles. The highest BCUT2D eigenvalue weighted by Gasteiger charge is 2.30. The van der Waals surface area contributed by atoms with Gasteiger partial charge in [0, 0.05) is 34.7 Å². The van der Waals surface area contributed by atoms with Crippen LogP contribution in [0.5, 0.6) is 0 Å². The molecule has 6 heteroatoms. The smallest absolute Gasteiger partial charge is 0.255 e. The van der Waals surface area contributed by atoms with Crippen molar-refractivity contribution in [3.05, 3.63) is 64.2 Å². The molecule has 0 aromatic heterocycles. The normalized spacial score (nSPS) is 15.0. The van der Waals surface area contributed by atoms with Crippen molar-refractivity contribution >= 4 is 23.2 Å². The molecule has 0 radical (unpaired) electrons. The predicted octanol–water partition coefficient (Wildman–Crippen LogP) is 1.66. The molecule has 0 bridgehead atoms. The predicted molar refractivity (Wildman–Crippen MR) is 110 cm³/mol. The van der Waals surface area contributed by atoms with Gasteiger partial charge in [-0.1, -0.05) is 29.8 Å². The summed E-state index contributed by atoms with van der Waals surface area (Å²) >= 11 is 6.12. The second-order valence-electron chi connectivity index (χ2n) is 7.90. The van der Waals surface area contributed by atoms with Gasteiger partial charge in [-0.25, -0.2) is 0 Å². The van der Waals surface area contributed by atoms with Gasteiger partial charge >= 0.3 is 0 Å². The van der Waals surface area contributed by atoms with Crippen LogP contribution < -0.4 is 29.3 Å². The Morgan fingerprint density at radius 1 is 1.14 bits per heavy atom. The van der Waals surface area contributed by atoms with Crippen molar-refractivity contribution in [1.82, 2.24) is 0 Å². The molecular weight excluding hydrogens is 487 g/mol. The third-order valence-electron chi connectivity index (χ3n) is 5.42. The summed E-state index contributed by atoms with van der Waals surface area (Å²) in [6.07, 6.45) is 2.22. The summed E-state index contributed by atoms with van der Waals surface area (Å²) in [6.45, 7) is 4.61. The molecule has 1 amide bonds. The largest absolute Gasteiger partial charge is 1.00 e. The van der Waals surface area contributed by atoms with E-state index < -0.39 is 0 Å². The molecule has 28 heavy (non-hydrogen) atoms. The topological polar surface area (TPSA) is 38.3 Å². The van der Waals surface area contributed by atoms with Crippen LogP contribution in [0, 0.1) is 6.92 Å². The molecule has 3 rings (SSSR count). The summed E-state index contributed by atoms with van der Waals surface area (Å²) in [6, 6.07) is 14.1. The SMILES string of the molecule is Cc1ccc(C(=O)Nc2ccc(C[N+](C)(C)C3CCOCC3)cc2)cc1Cl.[I-]. The third kappa shape index (κ3) is 5.92. The fraction of sp³-hybridized carbons (Fsp3) is 0.409. The number of hydrogen-bond donors (Lipinski definition) is 1. The minimum absolute atomic E-state index is 0. The average molecular weight is 515 g/mol. The molecule has 2 aromatic rings. The number of ether oxygens (including phenoxy) is 1. The van der Waals surface area contributed by atoms with E-state index in [0.717, 1.165) is 48.3 Å². The lowest BCUT2D eigenvalue weighted by Gasteiger charge is -2.40. The van der Waals surface area contributed by atoms with Crippen LogP contribution in [0.2, 0.25) is 5.02 Å². The number of benzene rings is 2. The highest BCUT2D eigenvalue weighted by atomic mass is 127. The molecule has 1 N–H and O–H groups in total. The molecule has 0 unspecified atom stereocenters. The van der Waals surface area contributed by atoms with Crippen molar-refractivity contribution in [3.8, 4) is 0 Å². The maximum Gasteiger partial charge on any atom is 0.255 e. The minimum Gasteiger partial charge on any atom is -1.00 e. The van der Waals surface area contributed by atoms with Gasteiger partial charge < -0.3 is 38.5 Å². The fourth-order valence-corrected chi connectivity index (χ4v) is 3.80. The van der Waals surface area contributed by atoms with E-state index in [0.29, 0.717) is 16.6 Å². The lowest BCUT2D eigenvalue weighted by Crippen LogP contribution is -3.00. The molecule has 0 atom stereocenters. The number of anilines is 1. The van der Waals surface area contributed by atoms with Crippen LogP contribution >= 0.6 is 11.6 Å². The first-order chi connectivity index (χ1) is 12.8. The fourth-order valence-electron chi connectivity index (χ4n) is 3.61. The van der Waals surface area contributed by atoms with Crippen LogP contribution in [0.25, 0.3) is 0 Å². The van der Waals surface area contributed by atoms with Crippen LogP contribution in [0.4, 0.5) is 5.69 Å². The molecule has 0 saturated carbocycles. The summed E-state index contributed by atoms with van der Waals surface area (Å²) in [4.78, 5) is 12.4. The van der Waals surface area contributed by atoms with E-state index >= 15 is 0 Å². The van der Waals surface area contributed by atoms with Crippen molar-refractivity contribution in [3.63, 3.8) is 0 Å². The van der Waals surface area contributed by atoms with Gasteiger partial charge in [0.1, 0.15) is 6.54 Å². The molecular formula is C22H28ClIN2O2. The van der Waals surface area contributed by atoms with E-state index in [9.17, 15) is 4.79 Å². The van der Waals surface area contributed by atoms with E-state index in [2.05, 4.69) is 31.5 Å². The Morgan fingerprint density at radius 3 is 2.39 bits per heavy atom. The zero-order chi connectivity index (χ0) is 19.4. The highest BCUT2D eigenvalue weighted by Crippen LogP contribution is 2.23. The van der Waals surface area contributed by atoms with E-state index in [1.54, 1.807) is 12.1 Å². The Morgan fingerprint density at radius 2 is 1.79 bits per heavy atom. The average Bonchev–Trinajstić information content (AvgIpc) is 2.66. The number of carbonyl (C=O) groups is 1. The first kappa shape index (κ1) is 23.1. The summed E-state index contributed by atoms with van der Waals surface area (Å²) in [5.41, 5.74) is 3.58. The Hall–Kier alpha value is -1.15. The number of nitrogens with zero attached hydrogens (tertiary/aromatic N) is 1. The molecule has 4 nitrogen and oxygen atoms in total. The van der Waals surface area contributed by atoms with Gasteiger partial charge in [0.2, 0.25) is 0 Å². The van der Waals surface area contributed by atoms with Crippen LogP contribution in [0.15, 0.2) is 42.5 Å². The van der Waals surface area contributed by atoms with Crippen molar-refractivity contribution in [1.29, 1.82) is 0 Å². The lowest BCUT2D eigenvalue weighted by atomic mass is 10.0. The van der Waals surface area contributed by atoms with E-state index in [4.69, 9.17) is 16.3 Å². The summed E-state index contributed by atoms with van der Waals surface area (Å²) in [5, 5.41) is 3.54. The van der Waals surface area contributed by atoms with E-state index in [1.165, 1.54) is 5.56 Å². The maximum atomic E-state index is 12.4. The van der Waals surface area contributed by atoms with Crippen molar-refractivity contribution < 1.29 is 38.0 Å². The van der Waals surface area contributed by atoms with Gasteiger partial charge in [-0.15, -0.1) is 0 Å². The van der Waals surface area contributed by atoms with Crippen molar-refractivity contribution in [2.45, 2.75) is 32.4 Å². The molecule has 1 saturated heterocycles. The molecule has 2 aromatic carbocycles. The third-order valence-corrected chi connectivity index (χ3v) is 5.82. The number of halogens is 2. The van der Waals surface area contributed by atoms with Gasteiger partial charge in [0.25, 0.3) is 5.91 Å². The number of aryl methyl sites for hydroxylation is 1. The van der Waals surface area contributed by atoms with Gasteiger partial charge in [0.05, 0.1) is 33.4 Å². The summed E-state index contributed by atoms with van der Waals surface area (Å²) in [7, 11) is 4.57. The molecule has 1 fully saturated rings. The molecule has 0 spiro atoms. The lowest BCUT2D eigenvalue weighted by molar-refractivity contribution is -0.929. The van der Waals surface area contributed by atoms with Gasteiger partial charge in [-0.2, -0.15) is 0 Å². The van der Waals surface area contributed by atoms with Gasteiger partial charge in [-0.05, 0) is 36.8 Å². The Balaban J connectivity index is 0.00000280.